The smallest absolute Gasteiger partial charge is 0.330 e. The van der Waals surface area contributed by atoms with E-state index in [1.165, 1.54) is 21.4 Å². The summed E-state index contributed by atoms with van der Waals surface area (Å²) in [6.45, 7) is 5.24. The molecule has 0 atom stereocenters. The molecule has 0 unspecified atom stereocenters. The number of nitrogens with one attached hydrogen (secondary N) is 1. The maximum absolute atomic E-state index is 11.7. The number of aryl methyl sites for hydroxylation is 1. The molecule has 0 aromatic carbocycles. The number of hydrogen-bond acceptors (Lipinski definition) is 4. The van der Waals surface area contributed by atoms with Gasteiger partial charge in [0.2, 0.25) is 0 Å². The summed E-state index contributed by atoms with van der Waals surface area (Å²) in [5, 5.41) is 3.18. The summed E-state index contributed by atoms with van der Waals surface area (Å²) in [5.41, 5.74) is -0.534. The van der Waals surface area contributed by atoms with Gasteiger partial charge in [0.25, 0.3) is 5.56 Å². The third-order valence-corrected chi connectivity index (χ3v) is 2.60. The molecule has 0 fully saturated rings. The van der Waals surface area contributed by atoms with E-state index in [-0.39, 0.29) is 11.2 Å². The average molecular weight is 255 g/mol. The standard InChI is InChI=1S/C12H21N3O3/c1-3-18-10-4-6-13-7-9-15-11(16)5-8-14(2)12(15)17/h5,8,13H,3-4,6-7,9-10H2,1-2H3. The molecular weight excluding hydrogens is 234 g/mol. The summed E-state index contributed by atoms with van der Waals surface area (Å²) >= 11 is 0. The van der Waals surface area contributed by atoms with Crippen LogP contribution in [-0.4, -0.2) is 35.4 Å². The van der Waals surface area contributed by atoms with Crippen molar-refractivity contribution < 1.29 is 4.74 Å². The molecule has 0 spiro atoms. The zero-order valence-corrected chi connectivity index (χ0v) is 11.0. The van der Waals surface area contributed by atoms with Crippen LogP contribution in [0.2, 0.25) is 0 Å². The minimum Gasteiger partial charge on any atom is -0.382 e. The highest BCUT2D eigenvalue weighted by atomic mass is 16.5. The highest BCUT2D eigenvalue weighted by Gasteiger charge is 2.01. The predicted molar refractivity (Wildman–Crippen MR) is 69.9 cm³/mol. The van der Waals surface area contributed by atoms with Crippen molar-refractivity contribution in [2.45, 2.75) is 19.9 Å². The topological polar surface area (TPSA) is 65.3 Å². The fourth-order valence-corrected chi connectivity index (χ4v) is 1.58. The van der Waals surface area contributed by atoms with Crippen LogP contribution < -0.4 is 16.6 Å². The van der Waals surface area contributed by atoms with Crippen LogP contribution in [0.3, 0.4) is 0 Å². The number of hydrogen-bond donors (Lipinski definition) is 1. The fraction of sp³-hybridized carbons (Fsp3) is 0.667. The van der Waals surface area contributed by atoms with Gasteiger partial charge in [-0.05, 0) is 19.9 Å². The largest absolute Gasteiger partial charge is 0.382 e. The molecule has 6 nitrogen and oxygen atoms in total. The molecule has 0 aliphatic heterocycles. The average Bonchev–Trinajstić information content (AvgIpc) is 2.36. The Hall–Kier alpha value is -1.40. The summed E-state index contributed by atoms with van der Waals surface area (Å²) in [7, 11) is 1.63. The van der Waals surface area contributed by atoms with Gasteiger partial charge in [0.05, 0.1) is 0 Å². The molecule has 0 aliphatic carbocycles. The number of nitrogens with zero attached hydrogens (tertiary/aromatic N) is 2. The van der Waals surface area contributed by atoms with Gasteiger partial charge in [-0.3, -0.25) is 9.36 Å². The molecule has 0 amide bonds. The summed E-state index contributed by atoms with van der Waals surface area (Å²) in [6, 6.07) is 1.40. The Balaban J connectivity index is 2.34. The molecule has 102 valence electrons. The van der Waals surface area contributed by atoms with Gasteiger partial charge in [-0.15, -0.1) is 0 Å². The summed E-state index contributed by atoms with van der Waals surface area (Å²) in [6.07, 6.45) is 2.41. The zero-order chi connectivity index (χ0) is 13.4. The first-order valence-corrected chi connectivity index (χ1v) is 6.21. The lowest BCUT2D eigenvalue weighted by molar-refractivity contribution is 0.145. The van der Waals surface area contributed by atoms with E-state index < -0.39 is 0 Å². The van der Waals surface area contributed by atoms with Crippen molar-refractivity contribution in [2.24, 2.45) is 7.05 Å². The molecular formula is C12H21N3O3. The molecule has 0 bridgehead atoms. The van der Waals surface area contributed by atoms with Crippen molar-refractivity contribution in [3.05, 3.63) is 33.1 Å². The van der Waals surface area contributed by atoms with E-state index in [4.69, 9.17) is 4.74 Å². The number of rotatable bonds is 8. The van der Waals surface area contributed by atoms with E-state index >= 15 is 0 Å². The predicted octanol–water partition coefficient (Wildman–Crippen LogP) is -0.437. The number of aromatic nitrogens is 2. The van der Waals surface area contributed by atoms with Crippen LogP contribution in [0, 0.1) is 0 Å². The van der Waals surface area contributed by atoms with Crippen molar-refractivity contribution in [3.63, 3.8) is 0 Å². The maximum Gasteiger partial charge on any atom is 0.330 e. The second-order valence-electron chi connectivity index (χ2n) is 4.00. The molecule has 1 heterocycles. The molecule has 1 aromatic heterocycles. The van der Waals surface area contributed by atoms with Crippen molar-refractivity contribution in [1.82, 2.24) is 14.5 Å². The highest BCUT2D eigenvalue weighted by Crippen LogP contribution is 1.80. The third kappa shape index (κ3) is 4.46. The Bertz CT molecular complexity index is 464. The van der Waals surface area contributed by atoms with Crippen molar-refractivity contribution in [3.8, 4) is 0 Å². The summed E-state index contributed by atoms with van der Waals surface area (Å²) < 4.78 is 7.83. The third-order valence-electron chi connectivity index (χ3n) is 2.60. The van der Waals surface area contributed by atoms with Crippen LogP contribution in [0.15, 0.2) is 21.9 Å². The molecule has 0 aliphatic rings. The second kappa shape index (κ2) is 7.84. The maximum atomic E-state index is 11.7. The molecule has 1 N–H and O–H groups in total. The van der Waals surface area contributed by atoms with E-state index in [0.29, 0.717) is 13.1 Å². The number of ether oxygens (including phenoxy) is 1. The van der Waals surface area contributed by atoms with E-state index in [9.17, 15) is 9.59 Å². The summed E-state index contributed by atoms with van der Waals surface area (Å²) in [4.78, 5) is 23.2. The zero-order valence-electron chi connectivity index (χ0n) is 11.0. The Morgan fingerprint density at radius 3 is 2.83 bits per heavy atom. The van der Waals surface area contributed by atoms with E-state index in [0.717, 1.165) is 26.2 Å². The Labute approximate surface area is 106 Å². The monoisotopic (exact) mass is 255 g/mol. The van der Waals surface area contributed by atoms with Crippen molar-refractivity contribution >= 4 is 0 Å². The van der Waals surface area contributed by atoms with Crippen molar-refractivity contribution in [2.75, 3.05) is 26.3 Å². The minimum absolute atomic E-state index is 0.255. The second-order valence-corrected chi connectivity index (χ2v) is 4.00. The lowest BCUT2D eigenvalue weighted by Crippen LogP contribution is -2.40. The van der Waals surface area contributed by atoms with E-state index in [1.807, 2.05) is 6.92 Å². The van der Waals surface area contributed by atoms with Crippen LogP contribution in [-0.2, 0) is 18.3 Å². The summed E-state index contributed by atoms with van der Waals surface area (Å²) in [5.74, 6) is 0. The van der Waals surface area contributed by atoms with E-state index in [1.54, 1.807) is 7.05 Å². The Morgan fingerprint density at radius 2 is 2.11 bits per heavy atom. The van der Waals surface area contributed by atoms with Crippen LogP contribution in [0.4, 0.5) is 0 Å². The van der Waals surface area contributed by atoms with E-state index in [2.05, 4.69) is 5.32 Å². The van der Waals surface area contributed by atoms with Crippen LogP contribution in [0.25, 0.3) is 0 Å². The first kappa shape index (κ1) is 14.7. The van der Waals surface area contributed by atoms with Crippen LogP contribution >= 0.6 is 0 Å². The fourth-order valence-electron chi connectivity index (χ4n) is 1.58. The lowest BCUT2D eigenvalue weighted by atomic mass is 10.4. The first-order chi connectivity index (χ1) is 8.66. The Kier molecular flexibility index (Phi) is 6.38. The molecule has 0 saturated heterocycles. The van der Waals surface area contributed by atoms with Gasteiger partial charge >= 0.3 is 5.69 Å². The first-order valence-electron chi connectivity index (χ1n) is 6.21. The molecule has 1 aromatic rings. The molecule has 1 rings (SSSR count). The van der Waals surface area contributed by atoms with Gasteiger partial charge in [-0.25, -0.2) is 4.79 Å². The van der Waals surface area contributed by atoms with Gasteiger partial charge in [-0.2, -0.15) is 0 Å². The lowest BCUT2D eigenvalue weighted by Gasteiger charge is -2.07. The van der Waals surface area contributed by atoms with Gasteiger partial charge in [0.15, 0.2) is 0 Å². The van der Waals surface area contributed by atoms with Gasteiger partial charge in [0.1, 0.15) is 0 Å². The minimum atomic E-state index is -0.279. The normalized spacial score (nSPS) is 10.8. The van der Waals surface area contributed by atoms with Crippen LogP contribution in [0.1, 0.15) is 13.3 Å². The molecule has 0 saturated carbocycles. The highest BCUT2D eigenvalue weighted by molar-refractivity contribution is 4.85. The van der Waals surface area contributed by atoms with Gasteiger partial charge in [0, 0.05) is 45.6 Å². The van der Waals surface area contributed by atoms with Crippen LogP contribution in [0.5, 0.6) is 0 Å². The van der Waals surface area contributed by atoms with Gasteiger partial charge < -0.3 is 14.6 Å². The SMILES string of the molecule is CCOCCCNCCn1c(=O)ccn(C)c1=O. The molecule has 0 radical (unpaired) electrons. The Morgan fingerprint density at radius 1 is 1.33 bits per heavy atom. The van der Waals surface area contributed by atoms with Crippen molar-refractivity contribution in [1.29, 1.82) is 0 Å². The van der Waals surface area contributed by atoms with Gasteiger partial charge in [-0.1, -0.05) is 0 Å². The molecule has 18 heavy (non-hydrogen) atoms. The molecule has 6 heteroatoms. The quantitative estimate of drug-likeness (QED) is 0.640.